The first-order chi connectivity index (χ1) is 12.9. The molecular formula is C19H28O6S2. The van der Waals surface area contributed by atoms with Crippen molar-refractivity contribution in [3.63, 3.8) is 0 Å². The molecule has 6 nitrogen and oxygen atoms in total. The standard InChI is InChI=1S/C19H28O6S2/c1-24-18(26-3)10-5-14(20)12(15(21)6-10)9-13-16(22)7-11(8-17(13)23)19(25-2)27-4/h10-13,18-19H,5-9H2,1-4H3. The van der Waals surface area contributed by atoms with Crippen LogP contribution in [0.2, 0.25) is 0 Å². The summed E-state index contributed by atoms with van der Waals surface area (Å²) < 4.78 is 10.7. The van der Waals surface area contributed by atoms with Crippen molar-refractivity contribution in [1.82, 2.24) is 0 Å². The van der Waals surface area contributed by atoms with Gasteiger partial charge in [-0.15, -0.1) is 23.5 Å². The van der Waals surface area contributed by atoms with Crippen LogP contribution in [0.15, 0.2) is 0 Å². The molecule has 0 saturated heterocycles. The molecule has 0 bridgehead atoms. The molecule has 0 heterocycles. The summed E-state index contributed by atoms with van der Waals surface area (Å²) in [5.41, 5.74) is -0.398. The van der Waals surface area contributed by atoms with E-state index in [2.05, 4.69) is 0 Å². The highest BCUT2D eigenvalue weighted by molar-refractivity contribution is 7.99. The maximum absolute atomic E-state index is 12.6. The van der Waals surface area contributed by atoms with Crippen LogP contribution >= 0.6 is 23.5 Å². The fourth-order valence-electron chi connectivity index (χ4n) is 4.21. The summed E-state index contributed by atoms with van der Waals surface area (Å²) in [6.07, 6.45) is 4.82. The molecule has 2 saturated carbocycles. The van der Waals surface area contributed by atoms with E-state index in [1.807, 2.05) is 12.5 Å². The fraction of sp³-hybridized carbons (Fsp3) is 0.789. The molecule has 0 aliphatic heterocycles. The molecule has 0 aromatic carbocycles. The molecule has 2 fully saturated rings. The van der Waals surface area contributed by atoms with Crippen LogP contribution in [0.4, 0.5) is 0 Å². The van der Waals surface area contributed by atoms with E-state index in [1.54, 1.807) is 14.2 Å². The van der Waals surface area contributed by atoms with Crippen molar-refractivity contribution in [2.24, 2.45) is 23.7 Å². The molecule has 2 atom stereocenters. The minimum atomic E-state index is -0.839. The third kappa shape index (κ3) is 5.22. The minimum Gasteiger partial charge on any atom is -0.371 e. The zero-order valence-corrected chi connectivity index (χ0v) is 17.9. The molecule has 2 aliphatic rings. The quantitative estimate of drug-likeness (QED) is 0.440. The number of thioether (sulfide) groups is 2. The Kier molecular flexibility index (Phi) is 8.52. The number of methoxy groups -OCH3 is 2. The predicted molar refractivity (Wildman–Crippen MR) is 106 cm³/mol. The summed E-state index contributed by atoms with van der Waals surface area (Å²) >= 11 is 2.95. The zero-order chi connectivity index (χ0) is 20.1. The number of carbonyl (C=O) groups excluding carboxylic acids is 4. The molecule has 2 unspecified atom stereocenters. The van der Waals surface area contributed by atoms with Crippen molar-refractivity contribution >= 4 is 46.7 Å². The van der Waals surface area contributed by atoms with Crippen molar-refractivity contribution in [3.8, 4) is 0 Å². The Balaban J connectivity index is 2.03. The number of carbonyl (C=O) groups is 4. The Labute approximate surface area is 168 Å². The smallest absolute Gasteiger partial charge is 0.143 e. The van der Waals surface area contributed by atoms with E-state index in [0.29, 0.717) is 0 Å². The summed E-state index contributed by atoms with van der Waals surface area (Å²) in [6, 6.07) is 0. The van der Waals surface area contributed by atoms with Gasteiger partial charge >= 0.3 is 0 Å². The van der Waals surface area contributed by atoms with Crippen LogP contribution < -0.4 is 0 Å². The maximum atomic E-state index is 12.6. The summed E-state index contributed by atoms with van der Waals surface area (Å²) in [7, 11) is 3.14. The van der Waals surface area contributed by atoms with Gasteiger partial charge in [0, 0.05) is 51.7 Å². The van der Waals surface area contributed by atoms with Crippen LogP contribution in [0.1, 0.15) is 32.1 Å². The number of Topliss-reactive ketones (excluding diaryl/α,β-unsaturated/α-hetero) is 4. The second kappa shape index (κ2) is 10.2. The first-order valence-corrected chi connectivity index (χ1v) is 11.7. The highest BCUT2D eigenvalue weighted by Crippen LogP contribution is 2.37. The van der Waals surface area contributed by atoms with Crippen LogP contribution in [0.5, 0.6) is 0 Å². The van der Waals surface area contributed by atoms with Crippen LogP contribution in [-0.2, 0) is 28.7 Å². The average Bonchev–Trinajstić information content (AvgIpc) is 2.62. The second-order valence-electron chi connectivity index (χ2n) is 7.22. The average molecular weight is 417 g/mol. The lowest BCUT2D eigenvalue weighted by molar-refractivity contribution is -0.143. The molecule has 0 N–H and O–H groups in total. The van der Waals surface area contributed by atoms with Gasteiger partial charge in [0.05, 0.1) is 11.8 Å². The van der Waals surface area contributed by atoms with Crippen LogP contribution in [0, 0.1) is 23.7 Å². The number of hydrogen-bond donors (Lipinski definition) is 0. The SMILES string of the molecule is COC(SC)C1CC(=O)C(CC2C(=O)CC(C(OC)SC)CC2=O)C(=O)C1. The van der Waals surface area contributed by atoms with Gasteiger partial charge in [0.2, 0.25) is 0 Å². The van der Waals surface area contributed by atoms with Gasteiger partial charge in [-0.2, -0.15) is 0 Å². The van der Waals surface area contributed by atoms with Crippen molar-refractivity contribution in [1.29, 1.82) is 0 Å². The number of rotatable bonds is 8. The van der Waals surface area contributed by atoms with E-state index < -0.39 is 11.8 Å². The second-order valence-corrected chi connectivity index (χ2v) is 9.09. The van der Waals surface area contributed by atoms with Crippen molar-refractivity contribution < 1.29 is 28.7 Å². The lowest BCUT2D eigenvalue weighted by Gasteiger charge is -2.34. The van der Waals surface area contributed by atoms with Gasteiger partial charge < -0.3 is 9.47 Å². The van der Waals surface area contributed by atoms with Crippen LogP contribution in [-0.4, -0.2) is 60.7 Å². The van der Waals surface area contributed by atoms with Crippen LogP contribution in [0.25, 0.3) is 0 Å². The molecular weight excluding hydrogens is 388 g/mol. The number of ketones is 4. The highest BCUT2D eigenvalue weighted by Gasteiger charge is 2.44. The largest absolute Gasteiger partial charge is 0.371 e. The van der Waals surface area contributed by atoms with E-state index in [4.69, 9.17) is 9.47 Å². The first kappa shape index (κ1) is 22.6. The normalized spacial score (nSPS) is 31.9. The van der Waals surface area contributed by atoms with Crippen molar-refractivity contribution in [2.75, 3.05) is 26.7 Å². The molecule has 0 aromatic rings. The number of ether oxygens (including phenoxy) is 2. The Bertz CT molecular complexity index is 499. The third-order valence-electron chi connectivity index (χ3n) is 5.58. The van der Waals surface area contributed by atoms with Crippen molar-refractivity contribution in [3.05, 3.63) is 0 Å². The van der Waals surface area contributed by atoms with Gasteiger partial charge in [-0.3, -0.25) is 19.2 Å². The monoisotopic (exact) mass is 416 g/mol. The topological polar surface area (TPSA) is 86.7 Å². The van der Waals surface area contributed by atoms with Gasteiger partial charge in [0.25, 0.3) is 0 Å². The molecule has 2 aliphatic carbocycles. The minimum absolute atomic E-state index is 0.0304. The van der Waals surface area contributed by atoms with E-state index in [0.717, 1.165) is 0 Å². The van der Waals surface area contributed by atoms with Gasteiger partial charge in [0.1, 0.15) is 34.0 Å². The van der Waals surface area contributed by atoms with Crippen LogP contribution in [0.3, 0.4) is 0 Å². The number of hydrogen-bond acceptors (Lipinski definition) is 8. The summed E-state index contributed by atoms with van der Waals surface area (Å²) in [5.74, 6) is -2.66. The van der Waals surface area contributed by atoms with E-state index >= 15 is 0 Å². The Morgan fingerprint density at radius 3 is 1.26 bits per heavy atom. The molecule has 0 aromatic heterocycles. The third-order valence-corrected chi connectivity index (χ3v) is 7.66. The Morgan fingerprint density at radius 2 is 1.04 bits per heavy atom. The zero-order valence-electron chi connectivity index (χ0n) is 16.3. The lowest BCUT2D eigenvalue weighted by atomic mass is 9.71. The van der Waals surface area contributed by atoms with Gasteiger partial charge in [-0.05, 0) is 18.9 Å². The van der Waals surface area contributed by atoms with E-state index in [-0.39, 0.29) is 77.9 Å². The molecule has 0 radical (unpaired) electrons. The molecule has 2 rings (SSSR count). The molecule has 8 heteroatoms. The molecule has 27 heavy (non-hydrogen) atoms. The highest BCUT2D eigenvalue weighted by atomic mass is 32.2. The Morgan fingerprint density at radius 1 is 0.741 bits per heavy atom. The van der Waals surface area contributed by atoms with Gasteiger partial charge in [-0.1, -0.05) is 0 Å². The molecule has 0 amide bonds. The maximum Gasteiger partial charge on any atom is 0.143 e. The van der Waals surface area contributed by atoms with E-state index in [1.165, 1.54) is 23.5 Å². The first-order valence-electron chi connectivity index (χ1n) is 9.08. The fourth-order valence-corrected chi connectivity index (χ4v) is 5.75. The van der Waals surface area contributed by atoms with Gasteiger partial charge in [0.15, 0.2) is 0 Å². The molecule has 152 valence electrons. The lowest BCUT2D eigenvalue weighted by Crippen LogP contribution is -2.43. The van der Waals surface area contributed by atoms with Crippen molar-refractivity contribution in [2.45, 2.75) is 43.0 Å². The van der Waals surface area contributed by atoms with Gasteiger partial charge in [-0.25, -0.2) is 0 Å². The van der Waals surface area contributed by atoms with E-state index in [9.17, 15) is 19.2 Å². The molecule has 0 spiro atoms. The summed E-state index contributed by atoms with van der Waals surface area (Å²) in [5, 5.41) is 0. The Hall–Kier alpha value is -0.700. The summed E-state index contributed by atoms with van der Waals surface area (Å²) in [6.45, 7) is 0. The predicted octanol–water partition coefficient (Wildman–Crippen LogP) is 2.38. The summed E-state index contributed by atoms with van der Waals surface area (Å²) in [4.78, 5) is 50.3.